The average molecular weight is 470 g/mol. The number of rotatable bonds is 10. The number of unbranched alkanes of at least 4 members (excludes halogenated alkanes) is 2. The third-order valence-corrected chi connectivity index (χ3v) is 8.34. The second kappa shape index (κ2) is 9.93. The molecule has 0 spiro atoms. The van der Waals surface area contributed by atoms with Gasteiger partial charge in [0, 0.05) is 10.6 Å². The van der Waals surface area contributed by atoms with Crippen molar-refractivity contribution in [3.05, 3.63) is 57.0 Å². The standard InChI is InChI=1S/C20H24FN3O3S3/c1-14-15(2)29-19(28-12-8-4-7-11-21)17-18(22-20(25)24(14)17)23-30(26,27)13-16-9-5-3-6-10-16/h3,5-6,9-10H,4,7-8,11-13H2,1-2H3,(H,22,23,25). The lowest BCUT2D eigenvalue weighted by Gasteiger charge is -2.16. The summed E-state index contributed by atoms with van der Waals surface area (Å²) in [6.45, 7) is 3.42. The predicted molar refractivity (Wildman–Crippen MR) is 122 cm³/mol. The predicted octanol–water partition coefficient (Wildman–Crippen LogP) is 4.52. The third kappa shape index (κ3) is 5.41. The van der Waals surface area contributed by atoms with Gasteiger partial charge in [-0.2, -0.15) is 4.98 Å². The molecule has 1 N–H and O–H groups in total. The van der Waals surface area contributed by atoms with Crippen LogP contribution in [0.2, 0.25) is 0 Å². The van der Waals surface area contributed by atoms with Gasteiger partial charge in [-0.1, -0.05) is 36.8 Å². The molecule has 0 unspecified atom stereocenters. The van der Waals surface area contributed by atoms with Gasteiger partial charge in [0.25, 0.3) is 0 Å². The number of nitrogens with one attached hydrogen (secondary N) is 1. The summed E-state index contributed by atoms with van der Waals surface area (Å²) in [5.41, 5.74) is 1.37. The molecular formula is C20H24FN3O3S3. The monoisotopic (exact) mass is 469 g/mol. The number of fused-ring (bicyclic) bond motifs is 1. The molecule has 0 saturated heterocycles. The largest absolute Gasteiger partial charge is 0.354 e. The summed E-state index contributed by atoms with van der Waals surface area (Å²) in [6, 6.07) is 8.84. The fourth-order valence-electron chi connectivity index (χ4n) is 3.00. The fraction of sp³-hybridized carbons (Fsp3) is 0.400. The van der Waals surface area contributed by atoms with Crippen molar-refractivity contribution in [2.24, 2.45) is 0 Å². The molecule has 162 valence electrons. The van der Waals surface area contributed by atoms with E-state index in [1.807, 2.05) is 19.9 Å². The molecule has 30 heavy (non-hydrogen) atoms. The summed E-state index contributed by atoms with van der Waals surface area (Å²) in [6.07, 6.45) is 2.17. The van der Waals surface area contributed by atoms with Gasteiger partial charge < -0.3 is 0 Å². The number of alkyl halides is 1. The molecule has 0 radical (unpaired) electrons. The van der Waals surface area contributed by atoms with Crippen molar-refractivity contribution in [1.82, 2.24) is 9.55 Å². The van der Waals surface area contributed by atoms with E-state index in [1.165, 1.54) is 15.9 Å². The number of aryl methyl sites for hydroxylation is 1. The van der Waals surface area contributed by atoms with Gasteiger partial charge in [0.1, 0.15) is 5.69 Å². The van der Waals surface area contributed by atoms with E-state index in [9.17, 15) is 17.6 Å². The molecule has 0 saturated carbocycles. The zero-order valence-electron chi connectivity index (χ0n) is 16.9. The van der Waals surface area contributed by atoms with E-state index in [1.54, 1.807) is 36.0 Å². The smallest absolute Gasteiger partial charge is 0.265 e. The second-order valence-electron chi connectivity index (χ2n) is 6.90. The van der Waals surface area contributed by atoms with Gasteiger partial charge in [0.15, 0.2) is 5.82 Å². The van der Waals surface area contributed by atoms with E-state index in [4.69, 9.17) is 0 Å². The third-order valence-electron chi connectivity index (χ3n) is 4.59. The Kier molecular flexibility index (Phi) is 7.54. The minimum Gasteiger partial charge on any atom is -0.265 e. The van der Waals surface area contributed by atoms with Gasteiger partial charge in [-0.05, 0) is 38.0 Å². The van der Waals surface area contributed by atoms with Crippen LogP contribution < -0.4 is 10.4 Å². The highest BCUT2D eigenvalue weighted by Crippen LogP contribution is 2.38. The summed E-state index contributed by atoms with van der Waals surface area (Å²) in [5, 5.41) is 0. The number of imidazole rings is 1. The molecule has 3 rings (SSSR count). The number of hydrogen-bond acceptors (Lipinski definition) is 6. The molecule has 2 aliphatic heterocycles. The maximum atomic E-state index is 12.7. The van der Waals surface area contributed by atoms with Crippen molar-refractivity contribution in [1.29, 1.82) is 0 Å². The van der Waals surface area contributed by atoms with Crippen LogP contribution in [0.5, 0.6) is 0 Å². The van der Waals surface area contributed by atoms with Crippen molar-refractivity contribution in [2.75, 3.05) is 17.1 Å². The number of halogens is 1. The topological polar surface area (TPSA) is 81.1 Å². The first-order valence-corrected chi connectivity index (χ1v) is 13.0. The molecule has 0 aromatic heterocycles. The molecule has 1 aromatic carbocycles. The maximum Gasteiger partial charge on any atom is 0.354 e. The van der Waals surface area contributed by atoms with Crippen LogP contribution >= 0.6 is 23.1 Å². The van der Waals surface area contributed by atoms with E-state index in [2.05, 4.69) is 9.71 Å². The lowest BCUT2D eigenvalue weighted by Crippen LogP contribution is -2.17. The molecule has 0 aliphatic carbocycles. The summed E-state index contributed by atoms with van der Waals surface area (Å²) < 4.78 is 42.5. The van der Waals surface area contributed by atoms with Crippen molar-refractivity contribution in [3.8, 4) is 5.69 Å². The number of aromatic nitrogens is 2. The minimum absolute atomic E-state index is 0.0570. The number of nitrogens with zero attached hydrogens (tertiary/aromatic N) is 2. The van der Waals surface area contributed by atoms with E-state index in [0.29, 0.717) is 17.7 Å². The van der Waals surface area contributed by atoms with Crippen LogP contribution in [0.25, 0.3) is 5.69 Å². The van der Waals surface area contributed by atoms with Gasteiger partial charge in [0.2, 0.25) is 10.0 Å². The molecular weight excluding hydrogens is 445 g/mol. The Bertz CT molecular complexity index is 1130. The zero-order chi connectivity index (χ0) is 21.7. The Morgan fingerprint density at radius 3 is 2.60 bits per heavy atom. The Morgan fingerprint density at radius 2 is 1.90 bits per heavy atom. The van der Waals surface area contributed by atoms with Crippen LogP contribution in [0, 0.1) is 13.8 Å². The van der Waals surface area contributed by atoms with Gasteiger partial charge in [0.05, 0.1) is 16.6 Å². The van der Waals surface area contributed by atoms with Crippen LogP contribution in [-0.2, 0) is 15.8 Å². The first-order chi connectivity index (χ1) is 14.3. The summed E-state index contributed by atoms with van der Waals surface area (Å²) >= 11 is 3.05. The van der Waals surface area contributed by atoms with Crippen molar-refractivity contribution < 1.29 is 12.8 Å². The summed E-state index contributed by atoms with van der Waals surface area (Å²) in [7, 11) is -3.75. The molecule has 2 aliphatic rings. The number of benzene rings is 1. The number of thioether (sulfide) groups is 1. The highest BCUT2D eigenvalue weighted by molar-refractivity contribution is 8.01. The Labute approximate surface area is 183 Å². The molecule has 0 amide bonds. The summed E-state index contributed by atoms with van der Waals surface area (Å²) in [5.74, 6) is 0.604. The maximum absolute atomic E-state index is 12.7. The van der Waals surface area contributed by atoms with E-state index in [0.717, 1.165) is 33.4 Å². The van der Waals surface area contributed by atoms with Crippen molar-refractivity contribution >= 4 is 38.9 Å². The first kappa shape index (κ1) is 22.8. The Balaban J connectivity index is 1.92. The second-order valence-corrected chi connectivity index (χ2v) is 11.2. The normalized spacial score (nSPS) is 11.8. The lowest BCUT2D eigenvalue weighted by atomic mass is 10.2. The van der Waals surface area contributed by atoms with Gasteiger partial charge in [-0.15, -0.1) is 23.1 Å². The van der Waals surface area contributed by atoms with Crippen LogP contribution in [0.4, 0.5) is 10.2 Å². The zero-order valence-corrected chi connectivity index (χ0v) is 19.3. The van der Waals surface area contributed by atoms with E-state index < -0.39 is 15.7 Å². The molecule has 2 heterocycles. The molecule has 0 fully saturated rings. The Morgan fingerprint density at radius 1 is 1.17 bits per heavy atom. The highest BCUT2D eigenvalue weighted by atomic mass is 32.2. The average Bonchev–Trinajstić information content (AvgIpc) is 3.01. The SMILES string of the molecule is Cc1sc(SCCCCCF)c2c(NS(=O)(=O)Cc3ccccc3)nc(=O)n-2c1C. The van der Waals surface area contributed by atoms with E-state index >= 15 is 0 Å². The van der Waals surface area contributed by atoms with Crippen LogP contribution in [0.1, 0.15) is 35.4 Å². The van der Waals surface area contributed by atoms with E-state index in [-0.39, 0.29) is 18.2 Å². The quantitative estimate of drug-likeness (QED) is 0.349. The molecule has 10 heteroatoms. The van der Waals surface area contributed by atoms with Gasteiger partial charge >= 0.3 is 5.69 Å². The van der Waals surface area contributed by atoms with Crippen LogP contribution in [0.15, 0.2) is 39.3 Å². The van der Waals surface area contributed by atoms with Gasteiger partial charge in [-0.3, -0.25) is 13.7 Å². The lowest BCUT2D eigenvalue weighted by molar-refractivity contribution is 0.460. The molecule has 0 bridgehead atoms. The van der Waals surface area contributed by atoms with Gasteiger partial charge in [-0.25, -0.2) is 13.2 Å². The molecule has 0 atom stereocenters. The van der Waals surface area contributed by atoms with Crippen molar-refractivity contribution in [2.45, 2.75) is 43.1 Å². The van der Waals surface area contributed by atoms with Crippen LogP contribution in [0.3, 0.4) is 0 Å². The van der Waals surface area contributed by atoms with Crippen LogP contribution in [-0.4, -0.2) is 30.4 Å². The number of sulfonamides is 1. The summed E-state index contributed by atoms with van der Waals surface area (Å²) in [4.78, 5) is 17.5. The van der Waals surface area contributed by atoms with Crippen molar-refractivity contribution in [3.63, 3.8) is 0 Å². The highest BCUT2D eigenvalue weighted by Gasteiger charge is 2.26. The Hall–Kier alpha value is -1.91. The number of hydrogen-bond donors (Lipinski definition) is 1. The first-order valence-electron chi connectivity index (χ1n) is 9.58. The molecule has 6 nitrogen and oxygen atoms in total. The fourth-order valence-corrected chi connectivity index (χ4v) is 6.66. The molecule has 1 aromatic rings. The number of anilines is 1. The minimum atomic E-state index is -3.75.